The molecule has 1 aliphatic rings. The summed E-state index contributed by atoms with van der Waals surface area (Å²) in [6.45, 7) is 6.81. The van der Waals surface area contributed by atoms with Gasteiger partial charge >= 0.3 is 0 Å². The number of ether oxygens (including phenoxy) is 3. The second kappa shape index (κ2) is 11.0. The number of hydrogen-bond acceptors (Lipinski definition) is 6. The Bertz CT molecular complexity index is 866. The van der Waals surface area contributed by atoms with Gasteiger partial charge in [-0.15, -0.1) is 0 Å². The van der Waals surface area contributed by atoms with Crippen LogP contribution in [-0.4, -0.2) is 69.8 Å². The molecular formula is C24H33N3O4. The first-order valence-electron chi connectivity index (χ1n) is 10.6. The van der Waals surface area contributed by atoms with Gasteiger partial charge in [-0.2, -0.15) is 0 Å². The molecule has 1 amide bonds. The number of nitrogens with zero attached hydrogens (tertiary/aromatic N) is 2. The van der Waals surface area contributed by atoms with Crippen LogP contribution in [0.2, 0.25) is 0 Å². The zero-order valence-electron chi connectivity index (χ0n) is 18.9. The molecule has 7 heteroatoms. The van der Waals surface area contributed by atoms with Crippen LogP contribution in [0.3, 0.4) is 0 Å². The Morgan fingerprint density at radius 3 is 2.23 bits per heavy atom. The minimum absolute atomic E-state index is 0.0340. The van der Waals surface area contributed by atoms with Crippen LogP contribution >= 0.6 is 0 Å². The number of hydrogen-bond donors (Lipinski definition) is 1. The Morgan fingerprint density at radius 1 is 0.903 bits per heavy atom. The molecule has 0 bridgehead atoms. The molecule has 1 atom stereocenters. The lowest BCUT2D eigenvalue weighted by molar-refractivity contribution is -0.123. The van der Waals surface area contributed by atoms with Crippen molar-refractivity contribution >= 4 is 5.91 Å². The molecule has 1 fully saturated rings. The monoisotopic (exact) mass is 427 g/mol. The van der Waals surface area contributed by atoms with Crippen molar-refractivity contribution in [1.29, 1.82) is 0 Å². The molecule has 1 N–H and O–H groups in total. The maximum atomic E-state index is 12.6. The largest absolute Gasteiger partial charge is 0.496 e. The van der Waals surface area contributed by atoms with Crippen molar-refractivity contribution < 1.29 is 19.0 Å². The number of nitrogens with one attached hydrogen (secondary N) is 1. The summed E-state index contributed by atoms with van der Waals surface area (Å²) in [4.78, 5) is 17.2. The van der Waals surface area contributed by atoms with E-state index in [-0.39, 0.29) is 11.9 Å². The summed E-state index contributed by atoms with van der Waals surface area (Å²) in [5.74, 6) is 2.31. The van der Waals surface area contributed by atoms with Crippen LogP contribution in [0.5, 0.6) is 17.2 Å². The maximum absolute atomic E-state index is 12.6. The number of amides is 1. The SMILES string of the molecule is COc1ccc(CN2CCN(CC(=O)NC(C)c3ccccc3OC)CC2)cc1OC. The first-order chi connectivity index (χ1) is 15.0. The predicted octanol–water partition coefficient (Wildman–Crippen LogP) is 2.71. The van der Waals surface area contributed by atoms with E-state index in [2.05, 4.69) is 21.2 Å². The number of methoxy groups -OCH3 is 3. The van der Waals surface area contributed by atoms with Crippen molar-refractivity contribution in [3.05, 3.63) is 53.6 Å². The Morgan fingerprint density at radius 2 is 1.55 bits per heavy atom. The van der Waals surface area contributed by atoms with Crippen molar-refractivity contribution in [1.82, 2.24) is 15.1 Å². The number of rotatable bonds is 9. The second-order valence-corrected chi connectivity index (χ2v) is 7.77. The molecule has 2 aromatic rings. The zero-order chi connectivity index (χ0) is 22.2. The maximum Gasteiger partial charge on any atom is 0.234 e. The highest BCUT2D eigenvalue weighted by atomic mass is 16.5. The lowest BCUT2D eigenvalue weighted by Crippen LogP contribution is -2.49. The van der Waals surface area contributed by atoms with E-state index in [0.717, 1.165) is 55.5 Å². The Hall–Kier alpha value is -2.77. The van der Waals surface area contributed by atoms with Gasteiger partial charge in [0.15, 0.2) is 11.5 Å². The highest BCUT2D eigenvalue weighted by Gasteiger charge is 2.21. The van der Waals surface area contributed by atoms with Gasteiger partial charge < -0.3 is 19.5 Å². The van der Waals surface area contributed by atoms with E-state index in [9.17, 15) is 4.79 Å². The van der Waals surface area contributed by atoms with E-state index < -0.39 is 0 Å². The summed E-state index contributed by atoms with van der Waals surface area (Å²) in [6.07, 6.45) is 0. The lowest BCUT2D eigenvalue weighted by atomic mass is 10.1. The summed E-state index contributed by atoms with van der Waals surface area (Å²) in [6, 6.07) is 13.7. The molecule has 0 radical (unpaired) electrons. The molecule has 3 rings (SSSR count). The molecule has 0 aliphatic carbocycles. The van der Waals surface area contributed by atoms with Crippen LogP contribution in [0.1, 0.15) is 24.1 Å². The van der Waals surface area contributed by atoms with Gasteiger partial charge in [0.2, 0.25) is 5.91 Å². The number of piperazine rings is 1. The molecule has 1 unspecified atom stereocenters. The van der Waals surface area contributed by atoms with Crippen LogP contribution in [-0.2, 0) is 11.3 Å². The van der Waals surface area contributed by atoms with E-state index in [1.165, 1.54) is 5.56 Å². The fraction of sp³-hybridized carbons (Fsp3) is 0.458. The predicted molar refractivity (Wildman–Crippen MR) is 121 cm³/mol. The van der Waals surface area contributed by atoms with Gasteiger partial charge in [-0.25, -0.2) is 0 Å². The molecule has 1 heterocycles. The number of para-hydroxylation sites is 1. The van der Waals surface area contributed by atoms with Gasteiger partial charge in [0.05, 0.1) is 33.9 Å². The minimum atomic E-state index is -0.102. The third kappa shape index (κ3) is 6.12. The van der Waals surface area contributed by atoms with Crippen molar-refractivity contribution in [3.8, 4) is 17.2 Å². The van der Waals surface area contributed by atoms with Crippen LogP contribution in [0.25, 0.3) is 0 Å². The molecule has 0 spiro atoms. The molecule has 1 aliphatic heterocycles. The van der Waals surface area contributed by atoms with Gasteiger partial charge in [0, 0.05) is 38.3 Å². The Kier molecular flexibility index (Phi) is 8.14. The topological polar surface area (TPSA) is 63.3 Å². The standard InChI is InChI=1S/C24H33N3O4/c1-18(20-7-5-6-8-21(20)29-2)25-24(28)17-27-13-11-26(12-14-27)16-19-9-10-22(30-3)23(15-19)31-4/h5-10,15,18H,11-14,16-17H2,1-4H3,(H,25,28). The highest BCUT2D eigenvalue weighted by molar-refractivity contribution is 5.78. The summed E-state index contributed by atoms with van der Waals surface area (Å²) < 4.78 is 16.1. The van der Waals surface area contributed by atoms with Gasteiger partial charge in [-0.3, -0.25) is 14.6 Å². The van der Waals surface area contributed by atoms with Crippen molar-refractivity contribution in [3.63, 3.8) is 0 Å². The third-order valence-corrected chi connectivity index (χ3v) is 5.67. The molecule has 31 heavy (non-hydrogen) atoms. The summed E-state index contributed by atoms with van der Waals surface area (Å²) in [5.41, 5.74) is 2.17. The first kappa shape index (κ1) is 22.9. The van der Waals surface area contributed by atoms with Crippen LogP contribution in [0, 0.1) is 0 Å². The summed E-state index contributed by atoms with van der Waals surface area (Å²) in [5, 5.41) is 3.09. The fourth-order valence-corrected chi connectivity index (χ4v) is 3.93. The van der Waals surface area contributed by atoms with E-state index in [0.29, 0.717) is 6.54 Å². The number of benzene rings is 2. The van der Waals surface area contributed by atoms with Gasteiger partial charge in [0.25, 0.3) is 0 Å². The Labute approximate surface area is 184 Å². The van der Waals surface area contributed by atoms with E-state index >= 15 is 0 Å². The van der Waals surface area contributed by atoms with Crippen LogP contribution < -0.4 is 19.5 Å². The zero-order valence-corrected chi connectivity index (χ0v) is 18.9. The second-order valence-electron chi connectivity index (χ2n) is 7.77. The van der Waals surface area contributed by atoms with Crippen molar-refractivity contribution in [2.75, 3.05) is 54.1 Å². The van der Waals surface area contributed by atoms with E-state index in [1.54, 1.807) is 21.3 Å². The van der Waals surface area contributed by atoms with Gasteiger partial charge in [-0.05, 0) is 30.7 Å². The van der Waals surface area contributed by atoms with Crippen molar-refractivity contribution in [2.45, 2.75) is 19.5 Å². The number of carbonyl (C=O) groups is 1. The number of carbonyl (C=O) groups excluding carboxylic acids is 1. The molecule has 1 saturated heterocycles. The third-order valence-electron chi connectivity index (χ3n) is 5.67. The minimum Gasteiger partial charge on any atom is -0.496 e. The lowest BCUT2D eigenvalue weighted by Gasteiger charge is -2.34. The fourth-order valence-electron chi connectivity index (χ4n) is 3.93. The quantitative estimate of drug-likeness (QED) is 0.664. The molecular weight excluding hydrogens is 394 g/mol. The average Bonchev–Trinajstić information content (AvgIpc) is 2.80. The van der Waals surface area contributed by atoms with Gasteiger partial charge in [0.1, 0.15) is 5.75 Å². The average molecular weight is 428 g/mol. The molecule has 0 saturated carbocycles. The van der Waals surface area contributed by atoms with E-state index in [4.69, 9.17) is 14.2 Å². The molecule has 0 aromatic heterocycles. The highest BCUT2D eigenvalue weighted by Crippen LogP contribution is 2.28. The van der Waals surface area contributed by atoms with Gasteiger partial charge in [-0.1, -0.05) is 24.3 Å². The Balaban J connectivity index is 1.46. The van der Waals surface area contributed by atoms with Crippen LogP contribution in [0.15, 0.2) is 42.5 Å². The molecule has 168 valence electrons. The summed E-state index contributed by atoms with van der Waals surface area (Å²) >= 11 is 0. The smallest absolute Gasteiger partial charge is 0.234 e. The molecule has 7 nitrogen and oxygen atoms in total. The first-order valence-corrected chi connectivity index (χ1v) is 10.6. The molecule has 2 aromatic carbocycles. The normalized spacial score (nSPS) is 15.9. The van der Waals surface area contributed by atoms with Crippen LogP contribution in [0.4, 0.5) is 0 Å². The van der Waals surface area contributed by atoms with E-state index in [1.807, 2.05) is 43.3 Å². The summed E-state index contributed by atoms with van der Waals surface area (Å²) in [7, 11) is 4.94. The van der Waals surface area contributed by atoms with Crippen molar-refractivity contribution in [2.24, 2.45) is 0 Å².